The smallest absolute Gasteiger partial charge is 0.147 e. The summed E-state index contributed by atoms with van der Waals surface area (Å²) in [6.07, 6.45) is 6.53. The molecule has 0 bridgehead atoms. The van der Waals surface area contributed by atoms with Crippen molar-refractivity contribution in [3.05, 3.63) is 29.6 Å². The fraction of sp³-hybridized carbons (Fsp3) is 0.722. The number of likely N-dealkylation sites (tertiary alicyclic amines) is 1. The zero-order valence-electron chi connectivity index (χ0n) is 15.6. The maximum absolute atomic E-state index is 4.52. The van der Waals surface area contributed by atoms with Gasteiger partial charge in [0.2, 0.25) is 0 Å². The molecule has 7 nitrogen and oxygen atoms in total. The van der Waals surface area contributed by atoms with Crippen LogP contribution in [0.4, 0.5) is 0 Å². The molecule has 0 spiro atoms. The van der Waals surface area contributed by atoms with E-state index in [0.717, 1.165) is 45.1 Å². The van der Waals surface area contributed by atoms with Gasteiger partial charge in [-0.15, -0.1) is 10.2 Å². The molecule has 2 aliphatic rings. The van der Waals surface area contributed by atoms with Crippen molar-refractivity contribution in [2.24, 2.45) is 0 Å². The van der Waals surface area contributed by atoms with Gasteiger partial charge in [0.05, 0.1) is 18.3 Å². The first-order chi connectivity index (χ1) is 12.0. The number of piperidine rings is 1. The SMILES string of the molecule is CC(C)(C)n1cc(CN2CCC(c3nnc4n3CCNC4)CC2)cn1. The molecular weight excluding hydrogens is 314 g/mol. The Hall–Kier alpha value is -1.73. The van der Waals surface area contributed by atoms with Gasteiger partial charge < -0.3 is 9.88 Å². The van der Waals surface area contributed by atoms with Crippen molar-refractivity contribution in [1.29, 1.82) is 0 Å². The molecule has 0 atom stereocenters. The molecular formula is C18H29N7. The van der Waals surface area contributed by atoms with Gasteiger partial charge in [-0.25, -0.2) is 0 Å². The van der Waals surface area contributed by atoms with Crippen LogP contribution in [0.1, 0.15) is 56.7 Å². The van der Waals surface area contributed by atoms with E-state index in [1.54, 1.807) is 0 Å². The van der Waals surface area contributed by atoms with Crippen molar-refractivity contribution in [2.45, 2.75) is 64.7 Å². The maximum atomic E-state index is 4.52. The molecule has 136 valence electrons. The Morgan fingerprint density at radius 2 is 1.96 bits per heavy atom. The zero-order valence-corrected chi connectivity index (χ0v) is 15.6. The Labute approximate surface area is 149 Å². The lowest BCUT2D eigenvalue weighted by atomic mass is 9.95. The summed E-state index contributed by atoms with van der Waals surface area (Å²) in [5, 5.41) is 16.8. The molecule has 0 unspecified atom stereocenters. The number of nitrogens with one attached hydrogen (secondary N) is 1. The molecule has 2 aromatic heterocycles. The number of rotatable bonds is 3. The third-order valence-corrected chi connectivity index (χ3v) is 5.33. The Morgan fingerprint density at radius 1 is 1.16 bits per heavy atom. The van der Waals surface area contributed by atoms with Gasteiger partial charge in [-0.3, -0.25) is 9.58 Å². The summed E-state index contributed by atoms with van der Waals surface area (Å²) in [6, 6.07) is 0. The Bertz CT molecular complexity index is 716. The van der Waals surface area contributed by atoms with Crippen LogP contribution in [0.2, 0.25) is 0 Å². The number of aromatic nitrogens is 5. The summed E-state index contributed by atoms with van der Waals surface area (Å²) in [6.45, 7) is 12.7. The zero-order chi connectivity index (χ0) is 17.4. The van der Waals surface area contributed by atoms with Gasteiger partial charge in [0.15, 0.2) is 0 Å². The van der Waals surface area contributed by atoms with Gasteiger partial charge >= 0.3 is 0 Å². The van der Waals surface area contributed by atoms with Crippen molar-refractivity contribution in [3.63, 3.8) is 0 Å². The average molecular weight is 343 g/mol. The van der Waals surface area contributed by atoms with Crippen molar-refractivity contribution in [1.82, 2.24) is 34.8 Å². The van der Waals surface area contributed by atoms with Crippen LogP contribution in [-0.4, -0.2) is 49.1 Å². The van der Waals surface area contributed by atoms with Crippen molar-refractivity contribution < 1.29 is 0 Å². The van der Waals surface area contributed by atoms with E-state index < -0.39 is 0 Å². The Kier molecular flexibility index (Phi) is 4.37. The van der Waals surface area contributed by atoms with E-state index in [2.05, 4.69) is 61.7 Å². The lowest BCUT2D eigenvalue weighted by Crippen LogP contribution is -2.34. The first kappa shape index (κ1) is 16.7. The lowest BCUT2D eigenvalue weighted by Gasteiger charge is -2.31. The van der Waals surface area contributed by atoms with E-state index in [4.69, 9.17) is 0 Å². The fourth-order valence-corrected chi connectivity index (χ4v) is 3.83. The maximum Gasteiger partial charge on any atom is 0.147 e. The van der Waals surface area contributed by atoms with E-state index in [0.29, 0.717) is 5.92 Å². The van der Waals surface area contributed by atoms with Crippen LogP contribution in [0.25, 0.3) is 0 Å². The number of fused-ring (bicyclic) bond motifs is 1. The monoisotopic (exact) mass is 343 g/mol. The summed E-state index contributed by atoms with van der Waals surface area (Å²) in [7, 11) is 0. The van der Waals surface area contributed by atoms with E-state index in [9.17, 15) is 0 Å². The highest BCUT2D eigenvalue weighted by atomic mass is 15.3. The van der Waals surface area contributed by atoms with Crippen LogP contribution in [-0.2, 0) is 25.2 Å². The highest BCUT2D eigenvalue weighted by Gasteiger charge is 2.27. The molecule has 0 amide bonds. The number of hydrogen-bond acceptors (Lipinski definition) is 5. The molecule has 4 heterocycles. The second-order valence-electron chi connectivity index (χ2n) is 8.32. The minimum absolute atomic E-state index is 0.0485. The standard InChI is InChI=1S/C18H29N7/c1-18(2,3)25-13-14(10-20-25)12-23-7-4-15(5-8-23)17-22-21-16-11-19-6-9-24(16)17/h10,13,15,19H,4-9,11-12H2,1-3H3. The van der Waals surface area contributed by atoms with E-state index in [-0.39, 0.29) is 5.54 Å². The highest BCUT2D eigenvalue weighted by Crippen LogP contribution is 2.28. The molecule has 1 N–H and O–H groups in total. The predicted octanol–water partition coefficient (Wildman–Crippen LogP) is 1.71. The van der Waals surface area contributed by atoms with Crippen LogP contribution >= 0.6 is 0 Å². The van der Waals surface area contributed by atoms with Crippen molar-refractivity contribution in [3.8, 4) is 0 Å². The minimum atomic E-state index is 0.0485. The molecule has 4 rings (SSSR count). The van der Waals surface area contributed by atoms with E-state index >= 15 is 0 Å². The molecule has 2 aromatic rings. The van der Waals surface area contributed by atoms with Gasteiger partial charge in [0.25, 0.3) is 0 Å². The Balaban J connectivity index is 1.36. The van der Waals surface area contributed by atoms with Gasteiger partial charge in [-0.2, -0.15) is 5.10 Å². The second-order valence-corrected chi connectivity index (χ2v) is 8.32. The lowest BCUT2D eigenvalue weighted by molar-refractivity contribution is 0.199. The molecule has 0 radical (unpaired) electrons. The quantitative estimate of drug-likeness (QED) is 0.919. The topological polar surface area (TPSA) is 63.8 Å². The van der Waals surface area contributed by atoms with Gasteiger partial charge in [0, 0.05) is 37.3 Å². The third kappa shape index (κ3) is 3.48. The first-order valence-electron chi connectivity index (χ1n) is 9.40. The second kappa shape index (κ2) is 6.53. The largest absolute Gasteiger partial charge is 0.312 e. The number of hydrogen-bond donors (Lipinski definition) is 1. The van der Waals surface area contributed by atoms with Gasteiger partial charge in [0.1, 0.15) is 11.6 Å². The van der Waals surface area contributed by atoms with E-state index in [1.807, 2.05) is 6.20 Å². The molecule has 1 fully saturated rings. The molecule has 2 aliphatic heterocycles. The first-order valence-corrected chi connectivity index (χ1v) is 9.40. The molecule has 7 heteroatoms. The summed E-state index contributed by atoms with van der Waals surface area (Å²) >= 11 is 0. The van der Waals surface area contributed by atoms with Gasteiger partial charge in [-0.1, -0.05) is 0 Å². The summed E-state index contributed by atoms with van der Waals surface area (Å²) < 4.78 is 4.40. The van der Waals surface area contributed by atoms with Crippen LogP contribution < -0.4 is 5.32 Å². The van der Waals surface area contributed by atoms with E-state index in [1.165, 1.54) is 24.2 Å². The Morgan fingerprint density at radius 3 is 2.68 bits per heavy atom. The average Bonchev–Trinajstić information content (AvgIpc) is 3.22. The van der Waals surface area contributed by atoms with Crippen LogP contribution in [0.5, 0.6) is 0 Å². The normalized spacial score (nSPS) is 20.0. The fourth-order valence-electron chi connectivity index (χ4n) is 3.83. The van der Waals surface area contributed by atoms with Crippen molar-refractivity contribution in [2.75, 3.05) is 19.6 Å². The predicted molar refractivity (Wildman–Crippen MR) is 96.2 cm³/mol. The molecule has 25 heavy (non-hydrogen) atoms. The molecule has 1 saturated heterocycles. The highest BCUT2D eigenvalue weighted by molar-refractivity contribution is 5.08. The summed E-state index contributed by atoms with van der Waals surface area (Å²) in [5.41, 5.74) is 1.35. The van der Waals surface area contributed by atoms with Crippen LogP contribution in [0, 0.1) is 0 Å². The van der Waals surface area contributed by atoms with Crippen molar-refractivity contribution >= 4 is 0 Å². The summed E-state index contributed by atoms with van der Waals surface area (Å²) in [5.74, 6) is 2.85. The van der Waals surface area contributed by atoms with Crippen LogP contribution in [0.15, 0.2) is 12.4 Å². The molecule has 0 saturated carbocycles. The minimum Gasteiger partial charge on any atom is -0.312 e. The molecule has 0 aliphatic carbocycles. The molecule has 0 aromatic carbocycles. The van der Waals surface area contributed by atoms with Crippen LogP contribution in [0.3, 0.4) is 0 Å². The summed E-state index contributed by atoms with van der Waals surface area (Å²) in [4.78, 5) is 2.54. The third-order valence-electron chi connectivity index (χ3n) is 5.33. The number of nitrogens with zero attached hydrogens (tertiary/aromatic N) is 6. The van der Waals surface area contributed by atoms with Gasteiger partial charge in [-0.05, 0) is 46.7 Å².